The van der Waals surface area contributed by atoms with Crippen molar-refractivity contribution in [2.75, 3.05) is 30.3 Å². The van der Waals surface area contributed by atoms with Gasteiger partial charge in [-0.2, -0.15) is 0 Å². The molecule has 0 amide bonds. The number of nitrogens with zero attached hydrogens (tertiary/aromatic N) is 2. The predicted octanol–water partition coefficient (Wildman–Crippen LogP) is 0.872. The number of anilines is 2. The van der Waals surface area contributed by atoms with E-state index < -0.39 is 0 Å². The molecule has 1 atom stereocenters. The Kier molecular flexibility index (Phi) is 3.06. The molecule has 0 aromatic carbocycles. The first-order valence-corrected chi connectivity index (χ1v) is 5.37. The van der Waals surface area contributed by atoms with Crippen LogP contribution in [0.1, 0.15) is 12.8 Å². The van der Waals surface area contributed by atoms with E-state index in [-0.39, 0.29) is 6.61 Å². The van der Waals surface area contributed by atoms with Gasteiger partial charge in [-0.05, 0) is 30.9 Å². The minimum absolute atomic E-state index is 0.279. The van der Waals surface area contributed by atoms with E-state index in [4.69, 9.17) is 10.8 Å². The SMILES string of the molecule is Nc1ncccc1N1CCC(CCO)C1. The van der Waals surface area contributed by atoms with Gasteiger partial charge in [0.1, 0.15) is 5.82 Å². The number of nitrogen functional groups attached to an aromatic ring is 1. The highest BCUT2D eigenvalue weighted by Crippen LogP contribution is 2.28. The van der Waals surface area contributed by atoms with Crippen molar-refractivity contribution in [1.29, 1.82) is 0 Å². The summed E-state index contributed by atoms with van der Waals surface area (Å²) in [7, 11) is 0. The average Bonchev–Trinajstić information content (AvgIpc) is 2.68. The number of nitrogens with two attached hydrogens (primary N) is 1. The average molecular weight is 207 g/mol. The van der Waals surface area contributed by atoms with E-state index in [1.165, 1.54) is 0 Å². The Labute approximate surface area is 89.7 Å². The molecule has 1 aromatic rings. The van der Waals surface area contributed by atoms with E-state index >= 15 is 0 Å². The monoisotopic (exact) mass is 207 g/mol. The maximum Gasteiger partial charge on any atom is 0.146 e. The first kappa shape index (κ1) is 10.2. The molecule has 1 aromatic heterocycles. The second-order valence-corrected chi connectivity index (χ2v) is 4.02. The van der Waals surface area contributed by atoms with Crippen molar-refractivity contribution < 1.29 is 5.11 Å². The fourth-order valence-electron chi connectivity index (χ4n) is 2.15. The lowest BCUT2D eigenvalue weighted by Crippen LogP contribution is -2.21. The van der Waals surface area contributed by atoms with Gasteiger partial charge < -0.3 is 15.7 Å². The Bertz CT molecular complexity index is 329. The van der Waals surface area contributed by atoms with Gasteiger partial charge in [0.05, 0.1) is 5.69 Å². The first-order chi connectivity index (χ1) is 7.31. The van der Waals surface area contributed by atoms with Crippen LogP contribution in [0.5, 0.6) is 0 Å². The summed E-state index contributed by atoms with van der Waals surface area (Å²) in [6.07, 6.45) is 3.73. The van der Waals surface area contributed by atoms with Crippen molar-refractivity contribution in [2.45, 2.75) is 12.8 Å². The third kappa shape index (κ3) is 2.21. The van der Waals surface area contributed by atoms with Gasteiger partial charge in [0, 0.05) is 25.9 Å². The highest BCUT2D eigenvalue weighted by molar-refractivity contribution is 5.63. The lowest BCUT2D eigenvalue weighted by molar-refractivity contribution is 0.263. The van der Waals surface area contributed by atoms with Gasteiger partial charge in [0.15, 0.2) is 0 Å². The Morgan fingerprint density at radius 2 is 2.47 bits per heavy atom. The van der Waals surface area contributed by atoms with Crippen molar-refractivity contribution in [3.8, 4) is 0 Å². The van der Waals surface area contributed by atoms with Crippen molar-refractivity contribution in [3.63, 3.8) is 0 Å². The van der Waals surface area contributed by atoms with Crippen LogP contribution >= 0.6 is 0 Å². The zero-order chi connectivity index (χ0) is 10.7. The summed E-state index contributed by atoms with van der Waals surface area (Å²) in [6, 6.07) is 3.91. The molecule has 0 radical (unpaired) electrons. The second-order valence-electron chi connectivity index (χ2n) is 4.02. The molecule has 0 spiro atoms. The molecule has 1 unspecified atom stereocenters. The molecule has 0 aliphatic carbocycles. The third-order valence-electron chi connectivity index (χ3n) is 2.98. The molecule has 0 saturated carbocycles. The number of hydrogen-bond donors (Lipinski definition) is 2. The Morgan fingerprint density at radius 1 is 1.60 bits per heavy atom. The molecule has 2 rings (SSSR count). The van der Waals surface area contributed by atoms with Crippen LogP contribution in [0.15, 0.2) is 18.3 Å². The summed E-state index contributed by atoms with van der Waals surface area (Å²) < 4.78 is 0. The predicted molar refractivity (Wildman–Crippen MR) is 60.7 cm³/mol. The quantitative estimate of drug-likeness (QED) is 0.772. The summed E-state index contributed by atoms with van der Waals surface area (Å²) in [5.74, 6) is 1.19. The van der Waals surface area contributed by atoms with Crippen LogP contribution in [0.4, 0.5) is 11.5 Å². The van der Waals surface area contributed by atoms with E-state index in [9.17, 15) is 0 Å². The van der Waals surface area contributed by atoms with E-state index in [1.807, 2.05) is 12.1 Å². The standard InChI is InChI=1S/C11H17N3O/c12-11-10(2-1-5-13-11)14-6-3-9(8-14)4-7-15/h1-2,5,9,15H,3-4,6-8H2,(H2,12,13). The molecule has 82 valence electrons. The number of aliphatic hydroxyl groups excluding tert-OH is 1. The van der Waals surface area contributed by atoms with Crippen LogP contribution in [0.25, 0.3) is 0 Å². The van der Waals surface area contributed by atoms with Crippen molar-refractivity contribution in [2.24, 2.45) is 5.92 Å². The molecule has 4 heteroatoms. The Morgan fingerprint density at radius 3 is 3.20 bits per heavy atom. The largest absolute Gasteiger partial charge is 0.396 e. The Hall–Kier alpha value is -1.29. The first-order valence-electron chi connectivity index (χ1n) is 5.37. The van der Waals surface area contributed by atoms with E-state index in [0.29, 0.717) is 11.7 Å². The zero-order valence-corrected chi connectivity index (χ0v) is 8.76. The lowest BCUT2D eigenvalue weighted by Gasteiger charge is -2.19. The van der Waals surface area contributed by atoms with Crippen molar-refractivity contribution in [1.82, 2.24) is 4.98 Å². The van der Waals surface area contributed by atoms with Gasteiger partial charge in [-0.15, -0.1) is 0 Å². The molecule has 2 heterocycles. The van der Waals surface area contributed by atoms with Gasteiger partial charge in [-0.3, -0.25) is 0 Å². The summed E-state index contributed by atoms with van der Waals surface area (Å²) in [5, 5.41) is 8.88. The summed E-state index contributed by atoms with van der Waals surface area (Å²) in [4.78, 5) is 6.33. The van der Waals surface area contributed by atoms with Crippen LogP contribution < -0.4 is 10.6 Å². The molecular weight excluding hydrogens is 190 g/mol. The van der Waals surface area contributed by atoms with Crippen molar-refractivity contribution in [3.05, 3.63) is 18.3 Å². The van der Waals surface area contributed by atoms with Crippen molar-refractivity contribution >= 4 is 11.5 Å². The van der Waals surface area contributed by atoms with Gasteiger partial charge in [-0.1, -0.05) is 0 Å². The van der Waals surface area contributed by atoms with Gasteiger partial charge in [0.2, 0.25) is 0 Å². The third-order valence-corrected chi connectivity index (χ3v) is 2.98. The zero-order valence-electron chi connectivity index (χ0n) is 8.76. The number of aromatic nitrogens is 1. The summed E-state index contributed by atoms with van der Waals surface area (Å²) >= 11 is 0. The molecule has 1 aliphatic rings. The molecule has 1 fully saturated rings. The maximum atomic E-state index is 8.88. The Balaban J connectivity index is 2.04. The van der Waals surface area contributed by atoms with Gasteiger partial charge in [-0.25, -0.2) is 4.98 Å². The number of aliphatic hydroxyl groups is 1. The van der Waals surface area contributed by atoms with E-state index in [1.54, 1.807) is 6.20 Å². The van der Waals surface area contributed by atoms with E-state index in [2.05, 4.69) is 9.88 Å². The normalized spacial score (nSPS) is 20.9. The molecule has 1 aliphatic heterocycles. The van der Waals surface area contributed by atoms with Crippen LogP contribution in [0, 0.1) is 5.92 Å². The van der Waals surface area contributed by atoms with Crippen LogP contribution in [-0.2, 0) is 0 Å². The topological polar surface area (TPSA) is 62.4 Å². The fraction of sp³-hybridized carbons (Fsp3) is 0.545. The minimum atomic E-state index is 0.279. The second kappa shape index (κ2) is 4.49. The maximum absolute atomic E-state index is 8.88. The molecule has 3 N–H and O–H groups in total. The van der Waals surface area contributed by atoms with Crippen LogP contribution in [0.3, 0.4) is 0 Å². The summed E-state index contributed by atoms with van der Waals surface area (Å²) in [6.45, 7) is 2.28. The number of rotatable bonds is 3. The van der Waals surface area contributed by atoms with E-state index in [0.717, 1.165) is 31.6 Å². The molecule has 4 nitrogen and oxygen atoms in total. The lowest BCUT2D eigenvalue weighted by atomic mass is 10.1. The van der Waals surface area contributed by atoms with Gasteiger partial charge >= 0.3 is 0 Å². The number of pyridine rings is 1. The highest BCUT2D eigenvalue weighted by Gasteiger charge is 2.23. The smallest absolute Gasteiger partial charge is 0.146 e. The van der Waals surface area contributed by atoms with Crippen LogP contribution in [-0.4, -0.2) is 29.8 Å². The van der Waals surface area contributed by atoms with Gasteiger partial charge in [0.25, 0.3) is 0 Å². The number of hydrogen-bond acceptors (Lipinski definition) is 4. The molecule has 1 saturated heterocycles. The van der Waals surface area contributed by atoms with Crippen LogP contribution in [0.2, 0.25) is 0 Å². The summed E-state index contributed by atoms with van der Waals surface area (Å²) in [5.41, 5.74) is 6.84. The molecule has 15 heavy (non-hydrogen) atoms. The molecular formula is C11H17N3O. The highest BCUT2D eigenvalue weighted by atomic mass is 16.3. The fourth-order valence-corrected chi connectivity index (χ4v) is 2.15. The molecule has 0 bridgehead atoms. The minimum Gasteiger partial charge on any atom is -0.396 e.